The van der Waals surface area contributed by atoms with Crippen LogP contribution in [0.1, 0.15) is 17.3 Å². The van der Waals surface area contributed by atoms with Crippen LogP contribution in [-0.2, 0) is 0 Å². The molecule has 0 radical (unpaired) electrons. The zero-order valence-corrected chi connectivity index (χ0v) is 14.8. The van der Waals surface area contributed by atoms with Crippen molar-refractivity contribution in [1.29, 1.82) is 0 Å². The highest BCUT2D eigenvalue weighted by atomic mass is 16.3. The van der Waals surface area contributed by atoms with E-state index in [-0.39, 0.29) is 11.5 Å². The summed E-state index contributed by atoms with van der Waals surface area (Å²) in [5.41, 5.74) is 3.93. The Hall–Kier alpha value is -3.66. The van der Waals surface area contributed by atoms with Crippen molar-refractivity contribution in [2.75, 3.05) is 0 Å². The summed E-state index contributed by atoms with van der Waals surface area (Å²) in [4.78, 5) is 12.7. The number of aromatic nitrogens is 2. The van der Waals surface area contributed by atoms with Gasteiger partial charge in [0.1, 0.15) is 11.4 Å². The van der Waals surface area contributed by atoms with E-state index in [0.717, 1.165) is 11.3 Å². The maximum Gasteiger partial charge on any atom is 0.164 e. The number of Topliss-reactive ketones (excluding diaryl/α,β-unsaturated/α-hetero) is 1. The fourth-order valence-corrected chi connectivity index (χ4v) is 3.23. The zero-order valence-electron chi connectivity index (χ0n) is 14.8. The Bertz CT molecular complexity index is 1100. The second-order valence-electron chi connectivity index (χ2n) is 6.26. The van der Waals surface area contributed by atoms with Gasteiger partial charge in [0.15, 0.2) is 5.78 Å². The van der Waals surface area contributed by atoms with Crippen LogP contribution in [0.3, 0.4) is 0 Å². The molecule has 0 fully saturated rings. The summed E-state index contributed by atoms with van der Waals surface area (Å²) >= 11 is 0. The largest absolute Gasteiger partial charge is 0.507 e. The highest BCUT2D eigenvalue weighted by molar-refractivity contribution is 6.06. The number of para-hydroxylation sites is 2. The van der Waals surface area contributed by atoms with Gasteiger partial charge in [0, 0.05) is 11.1 Å². The van der Waals surface area contributed by atoms with E-state index in [4.69, 9.17) is 5.10 Å². The number of nitrogens with zero attached hydrogens (tertiary/aromatic N) is 2. The minimum absolute atomic E-state index is 0.103. The van der Waals surface area contributed by atoms with Crippen molar-refractivity contribution in [1.82, 2.24) is 9.78 Å². The van der Waals surface area contributed by atoms with Crippen LogP contribution in [0.15, 0.2) is 84.9 Å². The summed E-state index contributed by atoms with van der Waals surface area (Å²) in [6, 6.07) is 26.2. The smallest absolute Gasteiger partial charge is 0.164 e. The van der Waals surface area contributed by atoms with E-state index in [9.17, 15) is 9.90 Å². The first-order valence-electron chi connectivity index (χ1n) is 8.70. The third-order valence-electron chi connectivity index (χ3n) is 4.44. The summed E-state index contributed by atoms with van der Waals surface area (Å²) in [7, 11) is 0. The Kier molecular flexibility index (Phi) is 4.30. The molecule has 0 atom stereocenters. The number of phenolic OH excluding ortho intramolecular Hbond substituents is 1. The maximum atomic E-state index is 12.7. The zero-order chi connectivity index (χ0) is 18.8. The Balaban J connectivity index is 2.10. The Morgan fingerprint density at radius 2 is 1.44 bits per heavy atom. The lowest BCUT2D eigenvalue weighted by molar-refractivity contribution is 0.101. The molecule has 4 heteroatoms. The van der Waals surface area contributed by atoms with Crippen LogP contribution in [0.2, 0.25) is 0 Å². The second-order valence-corrected chi connectivity index (χ2v) is 6.26. The molecule has 0 aliphatic carbocycles. The normalized spacial score (nSPS) is 10.7. The first kappa shape index (κ1) is 16.8. The van der Waals surface area contributed by atoms with Crippen LogP contribution < -0.4 is 0 Å². The molecule has 3 aromatic carbocycles. The van der Waals surface area contributed by atoms with Gasteiger partial charge in [-0.1, -0.05) is 60.7 Å². The molecule has 0 aliphatic rings. The van der Waals surface area contributed by atoms with Gasteiger partial charge in [-0.05, 0) is 31.2 Å². The molecule has 0 saturated heterocycles. The highest BCUT2D eigenvalue weighted by Crippen LogP contribution is 2.38. The van der Waals surface area contributed by atoms with Crippen molar-refractivity contribution in [3.8, 4) is 34.0 Å². The molecular formula is C23H18N2O2. The van der Waals surface area contributed by atoms with Crippen LogP contribution >= 0.6 is 0 Å². The minimum Gasteiger partial charge on any atom is -0.507 e. The average molecular weight is 354 g/mol. The van der Waals surface area contributed by atoms with Crippen LogP contribution in [0.5, 0.6) is 5.75 Å². The third kappa shape index (κ3) is 3.02. The van der Waals surface area contributed by atoms with Crippen LogP contribution in [-0.4, -0.2) is 20.7 Å². The lowest BCUT2D eigenvalue weighted by Crippen LogP contribution is -2.01. The van der Waals surface area contributed by atoms with Crippen LogP contribution in [0.25, 0.3) is 28.2 Å². The highest BCUT2D eigenvalue weighted by Gasteiger charge is 2.25. The van der Waals surface area contributed by atoms with E-state index in [1.54, 1.807) is 22.9 Å². The van der Waals surface area contributed by atoms with Gasteiger partial charge in [-0.3, -0.25) is 4.79 Å². The van der Waals surface area contributed by atoms with Gasteiger partial charge in [0.2, 0.25) is 0 Å². The summed E-state index contributed by atoms with van der Waals surface area (Å²) in [5.74, 6) is 0.00554. The molecule has 4 aromatic rings. The molecule has 4 rings (SSSR count). The number of hydrogen-bond acceptors (Lipinski definition) is 3. The van der Waals surface area contributed by atoms with Crippen molar-refractivity contribution >= 4 is 5.78 Å². The molecule has 0 amide bonds. The molecular weight excluding hydrogens is 336 g/mol. The third-order valence-corrected chi connectivity index (χ3v) is 4.44. The van der Waals surface area contributed by atoms with Crippen molar-refractivity contribution < 1.29 is 9.90 Å². The SMILES string of the molecule is CC(=O)c1c(-c2ccccc2)nn(-c2ccccc2)c1-c1ccccc1O. The van der Waals surface area contributed by atoms with Crippen molar-refractivity contribution in [2.45, 2.75) is 6.92 Å². The number of phenols is 1. The monoisotopic (exact) mass is 354 g/mol. The molecule has 0 unspecified atom stereocenters. The quantitative estimate of drug-likeness (QED) is 0.518. The van der Waals surface area contributed by atoms with E-state index in [1.807, 2.05) is 66.7 Å². The fraction of sp³-hybridized carbons (Fsp3) is 0.0435. The molecule has 132 valence electrons. The van der Waals surface area contributed by atoms with Crippen LogP contribution in [0, 0.1) is 0 Å². The topological polar surface area (TPSA) is 55.1 Å². The standard InChI is InChI=1S/C23H18N2O2/c1-16(26)21-22(17-10-4-2-5-11-17)24-25(18-12-6-3-7-13-18)23(21)19-14-8-9-15-20(19)27/h2-15,27H,1H3. The van der Waals surface area contributed by atoms with E-state index < -0.39 is 0 Å². The van der Waals surface area contributed by atoms with Gasteiger partial charge < -0.3 is 5.11 Å². The number of rotatable bonds is 4. The van der Waals surface area contributed by atoms with Crippen molar-refractivity contribution in [3.05, 3.63) is 90.5 Å². The molecule has 0 bridgehead atoms. The summed E-state index contributed by atoms with van der Waals surface area (Å²) < 4.78 is 1.73. The van der Waals surface area contributed by atoms with Gasteiger partial charge in [-0.2, -0.15) is 5.10 Å². The first-order valence-corrected chi connectivity index (χ1v) is 8.70. The number of carbonyl (C=O) groups excluding carboxylic acids is 1. The number of carbonyl (C=O) groups is 1. The van der Waals surface area contributed by atoms with Crippen LogP contribution in [0.4, 0.5) is 0 Å². The average Bonchev–Trinajstić information content (AvgIpc) is 3.10. The van der Waals surface area contributed by atoms with E-state index in [1.165, 1.54) is 6.92 Å². The van der Waals surface area contributed by atoms with Crippen molar-refractivity contribution in [2.24, 2.45) is 0 Å². The lowest BCUT2D eigenvalue weighted by Gasteiger charge is -2.10. The Morgan fingerprint density at radius 3 is 2.07 bits per heavy atom. The molecule has 4 nitrogen and oxygen atoms in total. The first-order chi connectivity index (χ1) is 13.2. The van der Waals surface area contributed by atoms with Gasteiger partial charge in [-0.25, -0.2) is 4.68 Å². The molecule has 0 spiro atoms. The summed E-state index contributed by atoms with van der Waals surface area (Å²) in [6.07, 6.45) is 0. The van der Waals surface area contributed by atoms with Crippen molar-refractivity contribution in [3.63, 3.8) is 0 Å². The lowest BCUT2D eigenvalue weighted by atomic mass is 9.98. The Labute approximate surface area is 157 Å². The predicted molar refractivity (Wildman–Crippen MR) is 106 cm³/mol. The minimum atomic E-state index is -0.103. The van der Waals surface area contributed by atoms with E-state index in [2.05, 4.69) is 0 Å². The van der Waals surface area contributed by atoms with Gasteiger partial charge in [0.05, 0.1) is 16.9 Å². The molecule has 1 heterocycles. The molecule has 1 N–H and O–H groups in total. The number of hydrogen-bond donors (Lipinski definition) is 1. The molecule has 0 aliphatic heterocycles. The second kappa shape index (κ2) is 6.92. The fourth-order valence-electron chi connectivity index (χ4n) is 3.23. The van der Waals surface area contributed by atoms with Gasteiger partial charge >= 0.3 is 0 Å². The summed E-state index contributed by atoms with van der Waals surface area (Å²) in [6.45, 7) is 1.53. The number of aromatic hydroxyl groups is 1. The summed E-state index contributed by atoms with van der Waals surface area (Å²) in [5, 5.41) is 15.2. The number of benzene rings is 3. The number of ketones is 1. The Morgan fingerprint density at radius 1 is 0.852 bits per heavy atom. The predicted octanol–water partition coefficient (Wildman–Crippen LogP) is 5.11. The molecule has 1 aromatic heterocycles. The van der Waals surface area contributed by atoms with Gasteiger partial charge in [0.25, 0.3) is 0 Å². The maximum absolute atomic E-state index is 12.7. The van der Waals surface area contributed by atoms with E-state index in [0.29, 0.717) is 22.5 Å². The molecule has 0 saturated carbocycles. The van der Waals surface area contributed by atoms with E-state index >= 15 is 0 Å². The molecule has 27 heavy (non-hydrogen) atoms. The van der Waals surface area contributed by atoms with Gasteiger partial charge in [-0.15, -0.1) is 0 Å².